The molecule has 1 aromatic carbocycles. The van der Waals surface area contributed by atoms with Crippen molar-refractivity contribution >= 4 is 11.6 Å². The molecule has 6 heteroatoms. The molecule has 1 saturated carbocycles. The van der Waals surface area contributed by atoms with E-state index in [9.17, 15) is 18.7 Å². The van der Waals surface area contributed by atoms with Crippen LogP contribution in [-0.4, -0.2) is 23.2 Å². The monoisotopic (exact) mass is 270 g/mol. The molecular formula is C13H16F2N2O2. The number of carbonyl (C=O) groups excluding carboxylic acids is 1. The number of nitrogen functional groups attached to an aromatic ring is 1. The molecule has 0 bridgehead atoms. The first-order valence-electron chi connectivity index (χ1n) is 5.97. The predicted octanol–water partition coefficient (Wildman–Crippen LogP) is 1.44. The van der Waals surface area contributed by atoms with Gasteiger partial charge in [-0.15, -0.1) is 0 Å². The fraction of sp³-hybridized carbons (Fsp3) is 0.462. The molecule has 1 aliphatic carbocycles. The molecule has 0 spiro atoms. The average molecular weight is 270 g/mol. The molecular weight excluding hydrogens is 254 g/mol. The lowest BCUT2D eigenvalue weighted by molar-refractivity contribution is -0.0689. The number of halogens is 2. The Morgan fingerprint density at radius 1 is 1.47 bits per heavy atom. The number of carbonyl (C=O) groups is 1. The van der Waals surface area contributed by atoms with Crippen molar-refractivity contribution < 1.29 is 18.7 Å². The van der Waals surface area contributed by atoms with Gasteiger partial charge in [0, 0.05) is 11.5 Å². The Morgan fingerprint density at radius 3 is 2.63 bits per heavy atom. The molecule has 4 nitrogen and oxygen atoms in total. The van der Waals surface area contributed by atoms with Gasteiger partial charge in [0.15, 0.2) is 5.82 Å². The van der Waals surface area contributed by atoms with Crippen LogP contribution in [0.1, 0.15) is 30.6 Å². The van der Waals surface area contributed by atoms with Crippen LogP contribution in [0, 0.1) is 17.0 Å². The van der Waals surface area contributed by atoms with Crippen LogP contribution < -0.4 is 11.1 Å². The molecule has 1 fully saturated rings. The van der Waals surface area contributed by atoms with Gasteiger partial charge in [-0.3, -0.25) is 4.79 Å². The maximum atomic E-state index is 13.7. The van der Waals surface area contributed by atoms with Gasteiger partial charge >= 0.3 is 0 Å². The summed E-state index contributed by atoms with van der Waals surface area (Å²) >= 11 is 0. The number of hydrogen-bond acceptors (Lipinski definition) is 3. The fourth-order valence-electron chi connectivity index (χ4n) is 2.16. The number of amides is 1. The summed E-state index contributed by atoms with van der Waals surface area (Å²) in [6.07, 6.45) is -0.120. The van der Waals surface area contributed by atoms with Crippen molar-refractivity contribution in [1.82, 2.24) is 5.32 Å². The fourth-order valence-corrected chi connectivity index (χ4v) is 2.16. The highest BCUT2D eigenvalue weighted by Crippen LogP contribution is 2.40. The number of hydrogen-bond donors (Lipinski definition) is 3. The first kappa shape index (κ1) is 13.7. The second-order valence-electron chi connectivity index (χ2n) is 5.46. The van der Waals surface area contributed by atoms with E-state index < -0.39 is 40.3 Å². The third kappa shape index (κ3) is 2.28. The Hall–Kier alpha value is -1.69. The van der Waals surface area contributed by atoms with Gasteiger partial charge in [0.2, 0.25) is 0 Å². The second kappa shape index (κ2) is 4.45. The highest BCUT2D eigenvalue weighted by atomic mass is 19.1. The van der Waals surface area contributed by atoms with Crippen LogP contribution in [0.2, 0.25) is 0 Å². The van der Waals surface area contributed by atoms with E-state index in [0.717, 1.165) is 12.1 Å². The van der Waals surface area contributed by atoms with Crippen molar-refractivity contribution in [2.75, 3.05) is 5.73 Å². The van der Waals surface area contributed by atoms with Crippen molar-refractivity contribution in [3.63, 3.8) is 0 Å². The Balaban J connectivity index is 2.18. The second-order valence-corrected chi connectivity index (χ2v) is 5.46. The Kier molecular flexibility index (Phi) is 3.22. The average Bonchev–Trinajstić information content (AvgIpc) is 2.33. The Bertz CT molecular complexity index is 532. The van der Waals surface area contributed by atoms with E-state index in [1.165, 1.54) is 0 Å². The van der Waals surface area contributed by atoms with E-state index in [0.29, 0.717) is 6.42 Å². The lowest BCUT2D eigenvalue weighted by atomic mass is 9.64. The third-order valence-electron chi connectivity index (χ3n) is 3.83. The van der Waals surface area contributed by atoms with Gasteiger partial charge < -0.3 is 16.2 Å². The summed E-state index contributed by atoms with van der Waals surface area (Å²) in [7, 11) is 0. The summed E-state index contributed by atoms with van der Waals surface area (Å²) in [6, 6.07) is 1.35. The van der Waals surface area contributed by atoms with Gasteiger partial charge in [0.25, 0.3) is 5.91 Å². The summed E-state index contributed by atoms with van der Waals surface area (Å²) < 4.78 is 26.8. The van der Waals surface area contributed by atoms with Crippen LogP contribution in [0.4, 0.5) is 14.5 Å². The number of nitrogens with one attached hydrogen (secondary N) is 1. The predicted molar refractivity (Wildman–Crippen MR) is 66.4 cm³/mol. The molecule has 0 heterocycles. The number of aliphatic hydroxyl groups is 1. The van der Waals surface area contributed by atoms with E-state index in [1.807, 2.05) is 0 Å². The van der Waals surface area contributed by atoms with Crippen LogP contribution in [0.15, 0.2) is 12.1 Å². The number of nitrogens with two attached hydrogens (primary N) is 1. The minimum Gasteiger partial charge on any atom is -0.396 e. The van der Waals surface area contributed by atoms with Gasteiger partial charge in [-0.05, 0) is 18.6 Å². The largest absolute Gasteiger partial charge is 0.396 e. The minimum atomic E-state index is -0.934. The number of anilines is 1. The topological polar surface area (TPSA) is 75.3 Å². The van der Waals surface area contributed by atoms with Gasteiger partial charge in [-0.1, -0.05) is 13.8 Å². The first-order valence-corrected chi connectivity index (χ1v) is 5.97. The zero-order valence-electron chi connectivity index (χ0n) is 10.7. The molecule has 1 aliphatic rings. The van der Waals surface area contributed by atoms with Crippen LogP contribution >= 0.6 is 0 Å². The molecule has 2 rings (SSSR count). The van der Waals surface area contributed by atoms with E-state index >= 15 is 0 Å². The van der Waals surface area contributed by atoms with E-state index in [-0.39, 0.29) is 6.04 Å². The molecule has 2 unspecified atom stereocenters. The van der Waals surface area contributed by atoms with E-state index in [1.54, 1.807) is 13.8 Å². The number of benzene rings is 1. The van der Waals surface area contributed by atoms with Crippen LogP contribution in [0.3, 0.4) is 0 Å². The molecule has 4 N–H and O–H groups in total. The zero-order valence-corrected chi connectivity index (χ0v) is 10.7. The quantitative estimate of drug-likeness (QED) is 0.712. The van der Waals surface area contributed by atoms with Crippen LogP contribution in [0.25, 0.3) is 0 Å². The minimum absolute atomic E-state index is 0.279. The lowest BCUT2D eigenvalue weighted by Gasteiger charge is -2.49. The maximum Gasteiger partial charge on any atom is 0.254 e. The summed E-state index contributed by atoms with van der Waals surface area (Å²) in [5.41, 5.74) is 3.97. The van der Waals surface area contributed by atoms with Gasteiger partial charge in [-0.2, -0.15) is 0 Å². The first-order chi connectivity index (χ1) is 8.73. The lowest BCUT2D eigenvalue weighted by Crippen LogP contribution is -2.61. The SMILES string of the molecule is CC1(C)C(O)CC1NC(=O)c1cc(F)cc(N)c1F. The van der Waals surface area contributed by atoms with Crippen molar-refractivity contribution in [3.05, 3.63) is 29.3 Å². The van der Waals surface area contributed by atoms with Gasteiger partial charge in [0.1, 0.15) is 5.82 Å². The standard InChI is InChI=1S/C13H16F2N2O2/c1-13(2)9(5-10(13)18)17-12(19)7-3-6(14)4-8(16)11(7)15/h3-4,9-10,18H,5,16H2,1-2H3,(H,17,19). The highest BCUT2D eigenvalue weighted by molar-refractivity contribution is 5.95. The van der Waals surface area contributed by atoms with Gasteiger partial charge in [0.05, 0.1) is 17.4 Å². The van der Waals surface area contributed by atoms with E-state index in [2.05, 4.69) is 5.32 Å². The molecule has 0 aromatic heterocycles. The summed E-state index contributed by atoms with van der Waals surface area (Å²) in [5.74, 6) is -2.43. The van der Waals surface area contributed by atoms with E-state index in [4.69, 9.17) is 5.73 Å². The van der Waals surface area contributed by atoms with Crippen LogP contribution in [0.5, 0.6) is 0 Å². The summed E-state index contributed by atoms with van der Waals surface area (Å²) in [5, 5.41) is 12.2. The summed E-state index contributed by atoms with van der Waals surface area (Å²) in [6.45, 7) is 3.59. The molecule has 1 aromatic rings. The Morgan fingerprint density at radius 2 is 2.11 bits per heavy atom. The molecule has 2 atom stereocenters. The molecule has 0 aliphatic heterocycles. The van der Waals surface area contributed by atoms with Crippen molar-refractivity contribution in [1.29, 1.82) is 0 Å². The molecule has 104 valence electrons. The molecule has 0 radical (unpaired) electrons. The summed E-state index contributed by atoms with van der Waals surface area (Å²) in [4.78, 5) is 11.9. The van der Waals surface area contributed by atoms with Crippen molar-refractivity contribution in [2.45, 2.75) is 32.4 Å². The number of aliphatic hydroxyl groups excluding tert-OH is 1. The van der Waals surface area contributed by atoms with Crippen molar-refractivity contribution in [2.24, 2.45) is 5.41 Å². The molecule has 1 amide bonds. The highest BCUT2D eigenvalue weighted by Gasteiger charge is 2.48. The molecule has 19 heavy (non-hydrogen) atoms. The normalized spacial score (nSPS) is 24.7. The maximum absolute atomic E-state index is 13.7. The molecule has 0 saturated heterocycles. The van der Waals surface area contributed by atoms with Crippen LogP contribution in [-0.2, 0) is 0 Å². The smallest absolute Gasteiger partial charge is 0.254 e. The third-order valence-corrected chi connectivity index (χ3v) is 3.83. The van der Waals surface area contributed by atoms with Gasteiger partial charge in [-0.25, -0.2) is 8.78 Å². The number of rotatable bonds is 2. The zero-order chi connectivity index (χ0) is 14.4. The van der Waals surface area contributed by atoms with Crippen molar-refractivity contribution in [3.8, 4) is 0 Å². The Labute approximate surface area is 109 Å².